The minimum absolute atomic E-state index is 0.0756. The Morgan fingerprint density at radius 1 is 1.21 bits per heavy atom. The maximum absolute atomic E-state index is 14.7. The number of thiophene rings is 1. The first kappa shape index (κ1) is 22.4. The molecule has 1 N–H and O–H groups in total. The predicted molar refractivity (Wildman–Crippen MR) is 127 cm³/mol. The summed E-state index contributed by atoms with van der Waals surface area (Å²) in [7, 11) is 0. The van der Waals surface area contributed by atoms with Crippen LogP contribution in [0.2, 0.25) is 5.02 Å². The van der Waals surface area contributed by atoms with Crippen LogP contribution in [0.25, 0.3) is 22.4 Å². The fourth-order valence-corrected chi connectivity index (χ4v) is 5.00. The Morgan fingerprint density at radius 3 is 2.71 bits per heavy atom. The van der Waals surface area contributed by atoms with Crippen LogP contribution in [-0.2, 0) is 0 Å². The van der Waals surface area contributed by atoms with E-state index in [-0.39, 0.29) is 38.1 Å². The van der Waals surface area contributed by atoms with Crippen molar-refractivity contribution < 1.29 is 14.1 Å². The van der Waals surface area contributed by atoms with Crippen LogP contribution in [0.5, 0.6) is 0 Å². The van der Waals surface area contributed by atoms with Crippen molar-refractivity contribution in [2.24, 2.45) is 0 Å². The number of carbonyl (C=O) groups excluding carboxylic acids is 1. The van der Waals surface area contributed by atoms with Crippen LogP contribution in [-0.4, -0.2) is 30.6 Å². The van der Waals surface area contributed by atoms with Crippen LogP contribution in [0.3, 0.4) is 0 Å². The molecule has 12 heteroatoms. The average Bonchev–Trinajstić information content (AvgIpc) is 3.48. The van der Waals surface area contributed by atoms with Gasteiger partial charge in [-0.1, -0.05) is 42.2 Å². The lowest BCUT2D eigenvalue weighted by Gasteiger charge is -2.22. The van der Waals surface area contributed by atoms with Crippen molar-refractivity contribution in [3.63, 3.8) is 0 Å². The molecule has 1 amide bonds. The molecule has 1 saturated carbocycles. The van der Waals surface area contributed by atoms with Crippen LogP contribution in [0, 0.1) is 15.9 Å². The van der Waals surface area contributed by atoms with Gasteiger partial charge < -0.3 is 5.32 Å². The SMILES string of the molecule is O=C(Nc1nc(-c2ccc(Cl)cc2F)nc2c1cnn2C1CCCCC1)c1ccc([N+](=O)[O-])s1. The van der Waals surface area contributed by atoms with Gasteiger partial charge in [0.1, 0.15) is 11.6 Å². The number of amides is 1. The van der Waals surface area contributed by atoms with Gasteiger partial charge in [0.2, 0.25) is 0 Å². The molecule has 1 fully saturated rings. The molecule has 0 unspecified atom stereocenters. The Labute approximate surface area is 201 Å². The summed E-state index contributed by atoms with van der Waals surface area (Å²) in [6.45, 7) is 0. The molecule has 1 aliphatic rings. The van der Waals surface area contributed by atoms with Crippen molar-refractivity contribution in [2.75, 3.05) is 5.32 Å². The fraction of sp³-hybridized carbons (Fsp3) is 0.273. The molecule has 0 bridgehead atoms. The van der Waals surface area contributed by atoms with E-state index in [1.54, 1.807) is 6.20 Å². The topological polar surface area (TPSA) is 116 Å². The molecule has 34 heavy (non-hydrogen) atoms. The van der Waals surface area contributed by atoms with Crippen LogP contribution < -0.4 is 5.32 Å². The molecule has 0 aliphatic heterocycles. The van der Waals surface area contributed by atoms with Crippen LogP contribution in [0.1, 0.15) is 47.8 Å². The number of halogens is 2. The zero-order valence-electron chi connectivity index (χ0n) is 17.7. The van der Waals surface area contributed by atoms with E-state index in [4.69, 9.17) is 11.6 Å². The molecule has 5 rings (SSSR count). The summed E-state index contributed by atoms with van der Waals surface area (Å²) in [5.41, 5.74) is 0.615. The second kappa shape index (κ2) is 9.07. The zero-order chi connectivity index (χ0) is 23.8. The number of benzene rings is 1. The van der Waals surface area contributed by atoms with Gasteiger partial charge in [0.15, 0.2) is 11.5 Å². The first-order valence-electron chi connectivity index (χ1n) is 10.7. The molecule has 174 valence electrons. The molecular formula is C22H18ClFN6O3S. The van der Waals surface area contributed by atoms with Crippen LogP contribution in [0.4, 0.5) is 15.2 Å². The summed E-state index contributed by atoms with van der Waals surface area (Å²) in [6, 6.07) is 6.98. The highest BCUT2D eigenvalue weighted by Gasteiger charge is 2.24. The van der Waals surface area contributed by atoms with Crippen molar-refractivity contribution in [2.45, 2.75) is 38.1 Å². The molecule has 4 aromatic rings. The van der Waals surface area contributed by atoms with Crippen molar-refractivity contribution >= 4 is 50.7 Å². The number of carbonyl (C=O) groups is 1. The van der Waals surface area contributed by atoms with E-state index in [9.17, 15) is 19.3 Å². The van der Waals surface area contributed by atoms with Crippen molar-refractivity contribution in [3.8, 4) is 11.4 Å². The van der Waals surface area contributed by atoms with Gasteiger partial charge in [-0.15, -0.1) is 0 Å². The summed E-state index contributed by atoms with van der Waals surface area (Å²) in [5, 5.41) is 18.8. The molecule has 0 radical (unpaired) electrons. The van der Waals surface area contributed by atoms with E-state index in [2.05, 4.69) is 20.4 Å². The van der Waals surface area contributed by atoms with E-state index in [1.807, 2.05) is 4.68 Å². The van der Waals surface area contributed by atoms with Gasteiger partial charge in [-0.05, 0) is 37.1 Å². The van der Waals surface area contributed by atoms with Gasteiger partial charge in [0, 0.05) is 11.1 Å². The number of aromatic nitrogens is 4. The van der Waals surface area contributed by atoms with Gasteiger partial charge in [-0.3, -0.25) is 14.9 Å². The Balaban J connectivity index is 1.60. The summed E-state index contributed by atoms with van der Waals surface area (Å²) in [6.07, 6.45) is 6.81. The van der Waals surface area contributed by atoms with E-state index in [1.165, 1.54) is 36.8 Å². The van der Waals surface area contributed by atoms with Gasteiger partial charge >= 0.3 is 5.00 Å². The summed E-state index contributed by atoms with van der Waals surface area (Å²) < 4.78 is 16.5. The fourth-order valence-electron chi connectivity index (χ4n) is 4.12. The lowest BCUT2D eigenvalue weighted by Crippen LogP contribution is -2.16. The minimum Gasteiger partial charge on any atom is -0.305 e. The third-order valence-corrected chi connectivity index (χ3v) is 7.04. The first-order valence-corrected chi connectivity index (χ1v) is 11.9. The van der Waals surface area contributed by atoms with Gasteiger partial charge in [-0.2, -0.15) is 5.10 Å². The molecule has 3 aromatic heterocycles. The number of nitrogens with zero attached hydrogens (tertiary/aromatic N) is 5. The predicted octanol–water partition coefficient (Wildman–Crippen LogP) is 6.01. The monoisotopic (exact) mass is 500 g/mol. The Hall–Kier alpha value is -3.44. The smallest absolute Gasteiger partial charge is 0.305 e. The number of hydrogen-bond donors (Lipinski definition) is 1. The van der Waals surface area contributed by atoms with E-state index < -0.39 is 16.6 Å². The Bertz CT molecular complexity index is 1420. The zero-order valence-corrected chi connectivity index (χ0v) is 19.3. The number of hydrogen-bond acceptors (Lipinski definition) is 7. The molecule has 0 atom stereocenters. The Morgan fingerprint density at radius 2 is 2.00 bits per heavy atom. The molecule has 1 aromatic carbocycles. The lowest BCUT2D eigenvalue weighted by atomic mass is 9.96. The second-order valence-electron chi connectivity index (χ2n) is 7.99. The van der Waals surface area contributed by atoms with Crippen molar-refractivity contribution in [1.29, 1.82) is 0 Å². The third kappa shape index (κ3) is 4.24. The van der Waals surface area contributed by atoms with Gasteiger partial charge in [0.25, 0.3) is 5.91 Å². The van der Waals surface area contributed by atoms with Crippen LogP contribution >= 0.6 is 22.9 Å². The highest BCUT2D eigenvalue weighted by molar-refractivity contribution is 7.17. The number of rotatable bonds is 5. The molecular weight excluding hydrogens is 483 g/mol. The number of anilines is 1. The lowest BCUT2D eigenvalue weighted by molar-refractivity contribution is -0.380. The van der Waals surface area contributed by atoms with E-state index in [0.29, 0.717) is 11.0 Å². The van der Waals surface area contributed by atoms with Gasteiger partial charge in [-0.25, -0.2) is 19.0 Å². The van der Waals surface area contributed by atoms with Crippen LogP contribution in [0.15, 0.2) is 36.5 Å². The quantitative estimate of drug-likeness (QED) is 0.265. The number of fused-ring (bicyclic) bond motifs is 1. The summed E-state index contributed by atoms with van der Waals surface area (Å²) >= 11 is 6.66. The molecule has 0 saturated heterocycles. The highest BCUT2D eigenvalue weighted by Crippen LogP contribution is 2.34. The average molecular weight is 501 g/mol. The first-order chi connectivity index (χ1) is 16.4. The molecule has 3 heterocycles. The molecule has 1 aliphatic carbocycles. The Kier molecular flexibility index (Phi) is 5.96. The van der Waals surface area contributed by atoms with E-state index in [0.717, 1.165) is 37.0 Å². The number of nitro groups is 1. The summed E-state index contributed by atoms with van der Waals surface area (Å²) in [4.78, 5) is 32.5. The molecule has 9 nitrogen and oxygen atoms in total. The second-order valence-corrected chi connectivity index (χ2v) is 9.49. The molecule has 0 spiro atoms. The highest BCUT2D eigenvalue weighted by atomic mass is 35.5. The third-order valence-electron chi connectivity index (χ3n) is 5.77. The number of nitrogens with one attached hydrogen (secondary N) is 1. The maximum Gasteiger partial charge on any atom is 0.324 e. The summed E-state index contributed by atoms with van der Waals surface area (Å²) in [5.74, 6) is -0.933. The largest absolute Gasteiger partial charge is 0.324 e. The van der Waals surface area contributed by atoms with Crippen molar-refractivity contribution in [3.05, 3.63) is 62.4 Å². The normalized spacial score (nSPS) is 14.4. The minimum atomic E-state index is -0.596. The standard InChI is InChI=1S/C22H18ClFN6O3S/c23-12-6-7-14(16(24)10-12)19-26-20(28-22(31)17-8-9-18(34-17)30(32)33)15-11-25-29(21(15)27-19)13-4-2-1-3-5-13/h6-11,13H,1-5H2,(H,26,27,28,31). The maximum atomic E-state index is 14.7. The van der Waals surface area contributed by atoms with Gasteiger partial charge in [0.05, 0.1) is 33.0 Å². The van der Waals surface area contributed by atoms with E-state index >= 15 is 0 Å². The van der Waals surface area contributed by atoms with Crippen molar-refractivity contribution in [1.82, 2.24) is 19.7 Å².